The lowest BCUT2D eigenvalue weighted by Gasteiger charge is -2.25. The van der Waals surface area contributed by atoms with E-state index in [1.165, 1.54) is 0 Å². The number of aliphatic hydroxyl groups is 1. The van der Waals surface area contributed by atoms with Crippen molar-refractivity contribution in [2.24, 2.45) is 0 Å². The van der Waals surface area contributed by atoms with E-state index in [4.69, 9.17) is 4.74 Å². The zero-order valence-electron chi connectivity index (χ0n) is 24.1. The molecular weight excluding hydrogens is 516 g/mol. The molecule has 0 bridgehead atoms. The quantitative estimate of drug-likeness (QED) is 0.219. The summed E-state index contributed by atoms with van der Waals surface area (Å²) in [6.45, 7) is 6.92. The van der Waals surface area contributed by atoms with Crippen LogP contribution in [0.15, 0.2) is 72.8 Å². The van der Waals surface area contributed by atoms with Gasteiger partial charge >= 0.3 is 0 Å². The van der Waals surface area contributed by atoms with Crippen molar-refractivity contribution in [2.45, 2.75) is 58.2 Å². The molecule has 3 aromatic carbocycles. The Bertz CT molecular complexity index is 1280. The van der Waals surface area contributed by atoms with Gasteiger partial charge in [0, 0.05) is 49.5 Å². The Labute approximate surface area is 243 Å². The van der Waals surface area contributed by atoms with E-state index in [1.54, 1.807) is 17.0 Å². The molecule has 0 radical (unpaired) electrons. The van der Waals surface area contributed by atoms with E-state index in [0.717, 1.165) is 35.4 Å². The number of hydrogen-bond donors (Lipinski definition) is 4. The number of aliphatic hydroxyl groups excluding tert-OH is 1. The van der Waals surface area contributed by atoms with Crippen molar-refractivity contribution in [2.75, 3.05) is 36.5 Å². The van der Waals surface area contributed by atoms with Gasteiger partial charge in [-0.25, -0.2) is 0 Å². The van der Waals surface area contributed by atoms with Gasteiger partial charge in [-0.15, -0.1) is 0 Å². The molecule has 1 heterocycles. The Morgan fingerprint density at radius 3 is 2.56 bits per heavy atom. The predicted octanol–water partition coefficient (Wildman–Crippen LogP) is 4.53. The largest absolute Gasteiger partial charge is 0.494 e. The molecule has 2 amide bonds. The van der Waals surface area contributed by atoms with E-state index in [9.17, 15) is 14.7 Å². The maximum atomic E-state index is 13.6. The molecule has 4 N–H and O–H groups in total. The molecular formula is C33H42N4O4. The highest BCUT2D eigenvalue weighted by Crippen LogP contribution is 2.27. The average Bonchev–Trinajstić information content (AvgIpc) is 3.42. The van der Waals surface area contributed by atoms with Crippen LogP contribution in [0.1, 0.15) is 54.6 Å². The minimum absolute atomic E-state index is 0.0657. The Balaban J connectivity index is 1.47. The standard InChI is InChI=1S/C33H42N4O4/c1-3-16-41-29-13-8-12-25(17-29)22-34-23-31(38)30(18-24-10-6-5-7-11-24)36-33(40)26-19-27(35-4-2)21-28(20-26)37-15-9-14-32(37)39/h5-8,10-13,17,19-21,30-31,34-35,38H,3-4,9,14-16,18,22-23H2,1-2H3,(H,36,40)/t30-,31+/m0/s1. The van der Waals surface area contributed by atoms with Crippen LogP contribution < -0.4 is 25.6 Å². The number of rotatable bonds is 15. The first kappa shape index (κ1) is 30.1. The summed E-state index contributed by atoms with van der Waals surface area (Å²) >= 11 is 0. The molecule has 1 saturated heterocycles. The van der Waals surface area contributed by atoms with E-state index in [2.05, 4.69) is 22.9 Å². The van der Waals surface area contributed by atoms with E-state index in [-0.39, 0.29) is 11.8 Å². The lowest BCUT2D eigenvalue weighted by atomic mass is 10.00. The van der Waals surface area contributed by atoms with Gasteiger partial charge in [-0.3, -0.25) is 9.59 Å². The predicted molar refractivity (Wildman–Crippen MR) is 164 cm³/mol. The van der Waals surface area contributed by atoms with Crippen molar-refractivity contribution >= 4 is 23.2 Å². The number of nitrogens with zero attached hydrogens (tertiary/aromatic N) is 1. The second-order valence-corrected chi connectivity index (χ2v) is 10.4. The summed E-state index contributed by atoms with van der Waals surface area (Å²) in [5.74, 6) is 0.602. The highest BCUT2D eigenvalue weighted by Gasteiger charge is 2.25. The van der Waals surface area contributed by atoms with Gasteiger partial charge in [0.2, 0.25) is 5.91 Å². The molecule has 0 unspecified atom stereocenters. The third-order valence-electron chi connectivity index (χ3n) is 7.08. The molecule has 4 rings (SSSR count). The third kappa shape index (κ3) is 8.80. The minimum Gasteiger partial charge on any atom is -0.494 e. The molecule has 0 saturated carbocycles. The van der Waals surface area contributed by atoms with Crippen LogP contribution >= 0.6 is 0 Å². The Kier molecular flexibility index (Phi) is 11.2. The second-order valence-electron chi connectivity index (χ2n) is 10.4. The van der Waals surface area contributed by atoms with Crippen LogP contribution in [0.3, 0.4) is 0 Å². The summed E-state index contributed by atoms with van der Waals surface area (Å²) in [7, 11) is 0. The number of ether oxygens (including phenoxy) is 1. The van der Waals surface area contributed by atoms with Gasteiger partial charge in [0.1, 0.15) is 5.75 Å². The molecule has 1 fully saturated rings. The molecule has 1 aliphatic heterocycles. The highest BCUT2D eigenvalue weighted by molar-refractivity contribution is 6.00. The summed E-state index contributed by atoms with van der Waals surface area (Å²) in [5, 5.41) is 20.9. The number of anilines is 2. The van der Waals surface area contributed by atoms with Crippen LogP contribution in [-0.4, -0.2) is 55.3 Å². The van der Waals surface area contributed by atoms with Crippen LogP contribution in [-0.2, 0) is 17.8 Å². The number of carbonyl (C=O) groups is 2. The van der Waals surface area contributed by atoms with Gasteiger partial charge in [0.25, 0.3) is 5.91 Å². The van der Waals surface area contributed by atoms with Gasteiger partial charge in [-0.05, 0) is 67.6 Å². The lowest BCUT2D eigenvalue weighted by molar-refractivity contribution is -0.117. The number of nitrogens with one attached hydrogen (secondary N) is 3. The molecule has 41 heavy (non-hydrogen) atoms. The van der Waals surface area contributed by atoms with Crippen LogP contribution in [0.25, 0.3) is 0 Å². The molecule has 0 spiro atoms. The normalized spacial score (nSPS) is 14.5. The van der Waals surface area contributed by atoms with E-state index in [0.29, 0.717) is 56.9 Å². The third-order valence-corrected chi connectivity index (χ3v) is 7.08. The van der Waals surface area contributed by atoms with Gasteiger partial charge in [-0.2, -0.15) is 0 Å². The maximum Gasteiger partial charge on any atom is 0.251 e. The number of hydrogen-bond acceptors (Lipinski definition) is 6. The number of benzene rings is 3. The highest BCUT2D eigenvalue weighted by atomic mass is 16.5. The molecule has 3 aromatic rings. The summed E-state index contributed by atoms with van der Waals surface area (Å²) in [6.07, 6.45) is 1.90. The topological polar surface area (TPSA) is 103 Å². The summed E-state index contributed by atoms with van der Waals surface area (Å²) < 4.78 is 5.73. The smallest absolute Gasteiger partial charge is 0.251 e. The van der Waals surface area contributed by atoms with Crippen molar-refractivity contribution in [3.05, 3.63) is 89.5 Å². The minimum atomic E-state index is -0.838. The van der Waals surface area contributed by atoms with Crippen molar-refractivity contribution < 1.29 is 19.4 Å². The summed E-state index contributed by atoms with van der Waals surface area (Å²) in [6, 6.07) is 22.7. The van der Waals surface area contributed by atoms with Gasteiger partial charge < -0.3 is 30.7 Å². The van der Waals surface area contributed by atoms with Crippen LogP contribution in [0, 0.1) is 0 Å². The van der Waals surface area contributed by atoms with E-state index < -0.39 is 12.1 Å². The van der Waals surface area contributed by atoms with Crippen molar-refractivity contribution in [3.63, 3.8) is 0 Å². The molecule has 0 aliphatic carbocycles. The Hall–Kier alpha value is -3.88. The monoisotopic (exact) mass is 558 g/mol. The van der Waals surface area contributed by atoms with Gasteiger partial charge in [0.15, 0.2) is 0 Å². The first-order valence-corrected chi connectivity index (χ1v) is 14.6. The molecule has 1 aliphatic rings. The van der Waals surface area contributed by atoms with Crippen molar-refractivity contribution in [1.82, 2.24) is 10.6 Å². The molecule has 218 valence electrons. The maximum absolute atomic E-state index is 13.6. The molecule has 2 atom stereocenters. The zero-order chi connectivity index (χ0) is 29.0. The SMILES string of the molecule is CCCOc1cccc(CNC[C@@H](O)[C@H](Cc2ccccc2)NC(=O)c2cc(NCC)cc(N3CCCC3=O)c2)c1. The molecule has 8 heteroatoms. The van der Waals surface area contributed by atoms with Gasteiger partial charge in [-0.1, -0.05) is 49.4 Å². The van der Waals surface area contributed by atoms with E-state index in [1.807, 2.05) is 67.6 Å². The number of amides is 2. The fourth-order valence-electron chi connectivity index (χ4n) is 5.00. The van der Waals surface area contributed by atoms with Crippen LogP contribution in [0.4, 0.5) is 11.4 Å². The zero-order valence-corrected chi connectivity index (χ0v) is 24.1. The Morgan fingerprint density at radius 1 is 1.02 bits per heavy atom. The lowest BCUT2D eigenvalue weighted by Crippen LogP contribution is -2.48. The Morgan fingerprint density at radius 2 is 1.83 bits per heavy atom. The van der Waals surface area contributed by atoms with Gasteiger partial charge in [0.05, 0.1) is 18.8 Å². The summed E-state index contributed by atoms with van der Waals surface area (Å²) in [4.78, 5) is 27.7. The second kappa shape index (κ2) is 15.2. The fourth-order valence-corrected chi connectivity index (χ4v) is 5.00. The summed E-state index contributed by atoms with van der Waals surface area (Å²) in [5.41, 5.74) is 4.01. The van der Waals surface area contributed by atoms with E-state index >= 15 is 0 Å². The van der Waals surface area contributed by atoms with Crippen LogP contribution in [0.5, 0.6) is 5.75 Å². The fraction of sp³-hybridized carbons (Fsp3) is 0.394. The average molecular weight is 559 g/mol. The first-order chi connectivity index (χ1) is 20.0. The number of carbonyl (C=O) groups excluding carboxylic acids is 2. The van der Waals surface area contributed by atoms with Crippen LogP contribution in [0.2, 0.25) is 0 Å². The van der Waals surface area contributed by atoms with Crippen molar-refractivity contribution in [3.8, 4) is 5.75 Å². The molecule has 0 aromatic heterocycles. The van der Waals surface area contributed by atoms with Crippen molar-refractivity contribution in [1.29, 1.82) is 0 Å². The first-order valence-electron chi connectivity index (χ1n) is 14.6. The molecule has 8 nitrogen and oxygen atoms in total.